The number of aromatic hydroxyl groups is 1. The van der Waals surface area contributed by atoms with Gasteiger partial charge in [-0.15, -0.1) is 0 Å². The summed E-state index contributed by atoms with van der Waals surface area (Å²) in [5, 5.41) is 33.6. The second kappa shape index (κ2) is 10.9. The Morgan fingerprint density at radius 1 is 0.723 bits per heavy atom. The fourth-order valence-corrected chi connectivity index (χ4v) is 7.89. The number of hydrogen-bond acceptors (Lipinski definition) is 10. The zero-order chi connectivity index (χ0) is 33.3. The number of non-ortho nitro benzene ring substituents is 2. The molecule has 3 fully saturated rings. The van der Waals surface area contributed by atoms with Gasteiger partial charge in [0.05, 0.1) is 52.0 Å². The van der Waals surface area contributed by atoms with Gasteiger partial charge < -0.3 is 9.84 Å². The van der Waals surface area contributed by atoms with Gasteiger partial charge in [0, 0.05) is 35.7 Å². The van der Waals surface area contributed by atoms with Crippen molar-refractivity contribution in [3.8, 4) is 11.5 Å². The summed E-state index contributed by atoms with van der Waals surface area (Å²) in [5.41, 5.74) is 0.820. The van der Waals surface area contributed by atoms with Crippen LogP contribution in [-0.2, 0) is 19.2 Å². The van der Waals surface area contributed by atoms with Gasteiger partial charge in [0.15, 0.2) is 0 Å². The summed E-state index contributed by atoms with van der Waals surface area (Å²) in [6.07, 6.45) is 2.03. The van der Waals surface area contributed by atoms with E-state index in [9.17, 15) is 44.5 Å². The highest BCUT2D eigenvalue weighted by Gasteiger charge is 2.63. The van der Waals surface area contributed by atoms with Crippen molar-refractivity contribution in [3.63, 3.8) is 0 Å². The number of nitro groups is 2. The minimum Gasteiger partial charge on any atom is -0.508 e. The molecule has 0 aromatic heterocycles. The number of phenolic OH excluding ortho intramolecular Hbond substituents is 1. The lowest BCUT2D eigenvalue weighted by Gasteiger charge is -2.44. The van der Waals surface area contributed by atoms with E-state index in [1.54, 1.807) is 12.1 Å². The molecule has 238 valence electrons. The standard InChI is InChI=1S/C33H26N4O10/c1-47-25-4-2-3-24(38)29(25)27-20-13-14-21-26(32(41)34(30(21)39)16-5-9-18(10-6-16)36(43)44)22(20)15-23-28(27)33(42)35(31(23)40)17-7-11-19(12-8-17)37(45)46/h2-13,21-23,26-28,38H,14-15H2,1H3. The average Bonchev–Trinajstić information content (AvgIpc) is 3.47. The molecule has 2 aliphatic carbocycles. The van der Waals surface area contributed by atoms with Crippen LogP contribution < -0.4 is 14.5 Å². The van der Waals surface area contributed by atoms with Crippen LogP contribution in [0.1, 0.15) is 24.3 Å². The molecule has 1 saturated carbocycles. The maximum Gasteiger partial charge on any atom is 0.269 e. The van der Waals surface area contributed by atoms with Gasteiger partial charge in [0.25, 0.3) is 11.4 Å². The number of benzene rings is 3. The molecule has 14 nitrogen and oxygen atoms in total. The monoisotopic (exact) mass is 638 g/mol. The fourth-order valence-electron chi connectivity index (χ4n) is 7.89. The van der Waals surface area contributed by atoms with Crippen LogP contribution in [-0.4, -0.2) is 45.7 Å². The number of carbonyl (C=O) groups excluding carboxylic acids is 4. The predicted octanol–water partition coefficient (Wildman–Crippen LogP) is 4.26. The fraction of sp³-hybridized carbons (Fsp3) is 0.273. The third-order valence-electron chi connectivity index (χ3n) is 9.86. The maximum absolute atomic E-state index is 14.2. The average molecular weight is 639 g/mol. The van der Waals surface area contributed by atoms with E-state index in [1.807, 2.05) is 6.08 Å². The largest absolute Gasteiger partial charge is 0.508 e. The van der Waals surface area contributed by atoms with Crippen molar-refractivity contribution >= 4 is 46.4 Å². The Balaban J connectivity index is 1.33. The molecule has 7 rings (SSSR count). The number of fused-ring (bicyclic) bond motifs is 4. The van der Waals surface area contributed by atoms with Gasteiger partial charge in [0.1, 0.15) is 11.5 Å². The molecule has 2 saturated heterocycles. The second-order valence-electron chi connectivity index (χ2n) is 12.0. The van der Waals surface area contributed by atoms with E-state index in [-0.39, 0.29) is 52.7 Å². The molecular weight excluding hydrogens is 612 g/mol. The number of anilines is 2. The second-order valence-corrected chi connectivity index (χ2v) is 12.0. The highest BCUT2D eigenvalue weighted by molar-refractivity contribution is 6.24. The number of methoxy groups -OCH3 is 1. The normalized spacial score (nSPS) is 26.4. The molecule has 4 amide bonds. The van der Waals surface area contributed by atoms with Gasteiger partial charge in [-0.1, -0.05) is 17.7 Å². The molecule has 0 bridgehead atoms. The number of rotatable bonds is 6. The molecule has 2 aliphatic heterocycles. The van der Waals surface area contributed by atoms with Crippen molar-refractivity contribution in [1.29, 1.82) is 0 Å². The van der Waals surface area contributed by atoms with Crippen LogP contribution in [0.4, 0.5) is 22.7 Å². The third-order valence-corrected chi connectivity index (χ3v) is 9.86. The van der Waals surface area contributed by atoms with Gasteiger partial charge in [-0.3, -0.25) is 49.2 Å². The first-order valence-electron chi connectivity index (χ1n) is 14.8. The first-order chi connectivity index (χ1) is 22.5. The van der Waals surface area contributed by atoms with Crippen LogP contribution >= 0.6 is 0 Å². The minimum atomic E-state index is -1.00. The summed E-state index contributed by atoms with van der Waals surface area (Å²) in [6, 6.07) is 14.8. The van der Waals surface area contributed by atoms with E-state index in [4.69, 9.17) is 4.74 Å². The van der Waals surface area contributed by atoms with Gasteiger partial charge in [-0.05, 0) is 55.2 Å². The van der Waals surface area contributed by atoms with Gasteiger partial charge in [-0.25, -0.2) is 0 Å². The first-order valence-corrected chi connectivity index (χ1v) is 14.8. The number of allylic oxidation sites excluding steroid dienone is 2. The van der Waals surface area contributed by atoms with Crippen molar-refractivity contribution in [2.75, 3.05) is 16.9 Å². The molecule has 6 unspecified atom stereocenters. The summed E-state index contributed by atoms with van der Waals surface area (Å²) in [5.74, 6) is -7.20. The van der Waals surface area contributed by atoms with E-state index >= 15 is 0 Å². The summed E-state index contributed by atoms with van der Waals surface area (Å²) in [6.45, 7) is 0. The number of amides is 4. The molecule has 3 aromatic carbocycles. The van der Waals surface area contributed by atoms with Crippen molar-refractivity contribution in [2.24, 2.45) is 29.6 Å². The number of ether oxygens (including phenoxy) is 1. The SMILES string of the molecule is COc1cccc(O)c1C1C2=CCC3C(=O)N(c4ccc([N+](=O)[O-])cc4)C(=O)C3C2CC2C(=O)N(c3ccc([N+](=O)[O-])cc3)C(=O)C21. The van der Waals surface area contributed by atoms with Crippen LogP contribution in [0, 0.1) is 49.8 Å². The van der Waals surface area contributed by atoms with Crippen molar-refractivity contribution < 1.29 is 38.9 Å². The molecule has 3 aromatic rings. The third kappa shape index (κ3) is 4.39. The topological polar surface area (TPSA) is 190 Å². The highest BCUT2D eigenvalue weighted by Crippen LogP contribution is 2.60. The summed E-state index contributed by atoms with van der Waals surface area (Å²) >= 11 is 0. The smallest absolute Gasteiger partial charge is 0.269 e. The summed E-state index contributed by atoms with van der Waals surface area (Å²) < 4.78 is 5.60. The Kier molecular flexibility index (Phi) is 6.88. The van der Waals surface area contributed by atoms with E-state index in [2.05, 4.69) is 0 Å². The molecule has 4 aliphatic rings. The van der Waals surface area contributed by atoms with Crippen LogP contribution in [0.15, 0.2) is 78.4 Å². The Morgan fingerprint density at radius 2 is 1.26 bits per heavy atom. The zero-order valence-corrected chi connectivity index (χ0v) is 24.7. The van der Waals surface area contributed by atoms with Crippen molar-refractivity contribution in [2.45, 2.75) is 18.8 Å². The molecule has 1 N–H and O–H groups in total. The van der Waals surface area contributed by atoms with Crippen LogP contribution in [0.25, 0.3) is 0 Å². The lowest BCUT2D eigenvalue weighted by atomic mass is 9.57. The van der Waals surface area contributed by atoms with Gasteiger partial charge in [0.2, 0.25) is 23.6 Å². The Hall–Kier alpha value is -5.92. The lowest BCUT2D eigenvalue weighted by Crippen LogP contribution is -2.43. The zero-order valence-electron chi connectivity index (χ0n) is 24.7. The molecule has 2 heterocycles. The first kappa shape index (κ1) is 29.8. The van der Waals surface area contributed by atoms with Gasteiger partial charge >= 0.3 is 0 Å². The predicted molar refractivity (Wildman–Crippen MR) is 163 cm³/mol. The molecule has 0 spiro atoms. The Labute approximate surface area is 266 Å². The van der Waals surface area contributed by atoms with Gasteiger partial charge in [-0.2, -0.15) is 0 Å². The summed E-state index contributed by atoms with van der Waals surface area (Å²) in [4.78, 5) is 79.5. The van der Waals surface area contributed by atoms with E-state index < -0.39 is 69.0 Å². The Morgan fingerprint density at radius 3 is 1.79 bits per heavy atom. The van der Waals surface area contributed by atoms with E-state index in [1.165, 1.54) is 61.7 Å². The highest BCUT2D eigenvalue weighted by atomic mass is 16.6. The molecular formula is C33H26N4O10. The molecule has 0 radical (unpaired) electrons. The van der Waals surface area contributed by atoms with Crippen molar-refractivity contribution in [3.05, 3.63) is 104 Å². The Bertz CT molecular complexity index is 1920. The number of imide groups is 2. The number of nitro benzene ring substituents is 2. The van der Waals surface area contributed by atoms with Crippen LogP contribution in [0.2, 0.25) is 0 Å². The number of carbonyl (C=O) groups is 4. The summed E-state index contributed by atoms with van der Waals surface area (Å²) in [7, 11) is 1.41. The van der Waals surface area contributed by atoms with Crippen LogP contribution in [0.5, 0.6) is 11.5 Å². The quantitative estimate of drug-likeness (QED) is 0.177. The molecule has 14 heteroatoms. The lowest BCUT2D eigenvalue weighted by molar-refractivity contribution is -0.385. The van der Waals surface area contributed by atoms with Crippen molar-refractivity contribution in [1.82, 2.24) is 0 Å². The number of hydrogen-bond donors (Lipinski definition) is 1. The van der Waals surface area contributed by atoms with Crippen LogP contribution in [0.3, 0.4) is 0 Å². The molecule has 47 heavy (non-hydrogen) atoms. The number of phenols is 1. The number of nitrogens with zero attached hydrogens (tertiary/aromatic N) is 4. The molecule has 6 atom stereocenters. The van der Waals surface area contributed by atoms with E-state index in [0.29, 0.717) is 5.57 Å². The maximum atomic E-state index is 14.2. The van der Waals surface area contributed by atoms with E-state index in [0.717, 1.165) is 9.80 Å². The minimum absolute atomic E-state index is 0.0608.